The fraction of sp³-hybridized carbons (Fsp3) is 0.600. The molecule has 0 amide bonds. The molecule has 0 radical (unpaired) electrons. The van der Waals surface area contributed by atoms with Gasteiger partial charge in [-0.1, -0.05) is 6.92 Å². The van der Waals surface area contributed by atoms with Gasteiger partial charge in [-0.25, -0.2) is 4.79 Å². The van der Waals surface area contributed by atoms with Gasteiger partial charge in [0, 0.05) is 12.0 Å². The number of carbonyl (C=O) groups is 1. The van der Waals surface area contributed by atoms with Crippen LogP contribution in [0.5, 0.6) is 0 Å². The van der Waals surface area contributed by atoms with E-state index in [4.69, 9.17) is 9.84 Å². The molecule has 15 heavy (non-hydrogen) atoms. The van der Waals surface area contributed by atoms with Crippen LogP contribution in [0.2, 0.25) is 0 Å². The van der Waals surface area contributed by atoms with E-state index in [0.717, 1.165) is 29.2 Å². The van der Waals surface area contributed by atoms with Crippen LogP contribution in [0, 0.1) is 0 Å². The molecule has 4 nitrogen and oxygen atoms in total. The van der Waals surface area contributed by atoms with Crippen molar-refractivity contribution in [2.45, 2.75) is 38.9 Å². The molecule has 1 aromatic heterocycles. The largest absolute Gasteiger partial charge is 0.477 e. The van der Waals surface area contributed by atoms with E-state index in [2.05, 4.69) is 4.37 Å². The molecule has 1 aliphatic rings. The molecule has 2 rings (SSSR count). The molecule has 0 aromatic carbocycles. The minimum absolute atomic E-state index is 0.236. The molecule has 1 N–H and O–H groups in total. The lowest BCUT2D eigenvalue weighted by Crippen LogP contribution is -2.34. The van der Waals surface area contributed by atoms with Crippen molar-refractivity contribution in [3.8, 4) is 0 Å². The highest BCUT2D eigenvalue weighted by Gasteiger charge is 2.33. The fourth-order valence-corrected chi connectivity index (χ4v) is 2.44. The lowest BCUT2D eigenvalue weighted by Gasteiger charge is -2.32. The third-order valence-electron chi connectivity index (χ3n) is 2.92. The third-order valence-corrected chi connectivity index (χ3v) is 3.84. The highest BCUT2D eigenvalue weighted by molar-refractivity contribution is 7.08. The maximum atomic E-state index is 11.0. The van der Waals surface area contributed by atoms with Gasteiger partial charge in [0.1, 0.15) is 4.88 Å². The van der Waals surface area contributed by atoms with Crippen LogP contribution in [0.4, 0.5) is 0 Å². The van der Waals surface area contributed by atoms with Gasteiger partial charge in [0.2, 0.25) is 0 Å². The molecule has 0 saturated carbocycles. The lowest BCUT2D eigenvalue weighted by atomic mass is 9.90. The second kappa shape index (κ2) is 3.57. The van der Waals surface area contributed by atoms with Crippen molar-refractivity contribution in [3.63, 3.8) is 0 Å². The van der Waals surface area contributed by atoms with Crippen molar-refractivity contribution in [3.05, 3.63) is 16.1 Å². The van der Waals surface area contributed by atoms with E-state index in [-0.39, 0.29) is 5.60 Å². The summed E-state index contributed by atoms with van der Waals surface area (Å²) in [5.41, 5.74) is 1.42. The molecule has 2 heterocycles. The zero-order valence-electron chi connectivity index (χ0n) is 8.74. The van der Waals surface area contributed by atoms with Gasteiger partial charge in [0.25, 0.3) is 0 Å². The molecule has 1 atom stereocenters. The number of carboxylic acid groups (broad SMARTS) is 1. The number of rotatable bonds is 2. The molecule has 1 unspecified atom stereocenters. The predicted molar refractivity (Wildman–Crippen MR) is 56.3 cm³/mol. The Balaban J connectivity index is 2.38. The van der Waals surface area contributed by atoms with E-state index in [1.54, 1.807) is 0 Å². The van der Waals surface area contributed by atoms with Crippen molar-refractivity contribution in [2.75, 3.05) is 0 Å². The average molecular weight is 227 g/mol. The maximum Gasteiger partial charge on any atom is 0.347 e. The van der Waals surface area contributed by atoms with Crippen LogP contribution in [0.15, 0.2) is 0 Å². The summed E-state index contributed by atoms with van der Waals surface area (Å²) in [6, 6.07) is 0. The molecule has 82 valence electrons. The molecule has 1 aromatic rings. The molecule has 0 bridgehead atoms. The molecule has 0 aliphatic carbocycles. The third kappa shape index (κ3) is 1.77. The van der Waals surface area contributed by atoms with Gasteiger partial charge in [0.15, 0.2) is 0 Å². The fourth-order valence-electron chi connectivity index (χ4n) is 1.70. The molecule has 1 aliphatic heterocycles. The number of hydrogen-bond donors (Lipinski definition) is 1. The van der Waals surface area contributed by atoms with E-state index in [0.29, 0.717) is 17.9 Å². The summed E-state index contributed by atoms with van der Waals surface area (Å²) < 4.78 is 9.80. The minimum atomic E-state index is -0.880. The number of aromatic nitrogens is 1. The van der Waals surface area contributed by atoms with Gasteiger partial charge >= 0.3 is 5.97 Å². The average Bonchev–Trinajstić information content (AvgIpc) is 2.60. The van der Waals surface area contributed by atoms with Gasteiger partial charge in [-0.3, -0.25) is 0 Å². The standard InChI is InChI=1S/C10H13NO3S/c1-3-10(2)4-6-7(5-14-10)11-15-8(6)9(12)13/h3-5H2,1-2H3,(H,12,13). The first-order valence-corrected chi connectivity index (χ1v) is 5.68. The van der Waals surface area contributed by atoms with Gasteiger partial charge in [-0.15, -0.1) is 0 Å². The number of ether oxygens (including phenoxy) is 1. The number of nitrogens with zero attached hydrogens (tertiary/aromatic N) is 1. The predicted octanol–water partition coefficient (Wildman–Crippen LogP) is 2.08. The summed E-state index contributed by atoms with van der Waals surface area (Å²) in [7, 11) is 0. The van der Waals surface area contributed by atoms with Crippen molar-refractivity contribution < 1.29 is 14.6 Å². The Hall–Kier alpha value is -0.940. The van der Waals surface area contributed by atoms with Crippen LogP contribution in [-0.2, 0) is 17.8 Å². The summed E-state index contributed by atoms with van der Waals surface area (Å²) in [6.45, 7) is 4.49. The van der Waals surface area contributed by atoms with Crippen molar-refractivity contribution in [1.82, 2.24) is 4.37 Å². The van der Waals surface area contributed by atoms with Crippen LogP contribution in [0.1, 0.15) is 41.2 Å². The van der Waals surface area contributed by atoms with E-state index < -0.39 is 5.97 Å². The number of hydrogen-bond acceptors (Lipinski definition) is 4. The van der Waals surface area contributed by atoms with E-state index >= 15 is 0 Å². The van der Waals surface area contributed by atoms with Crippen molar-refractivity contribution in [2.24, 2.45) is 0 Å². The van der Waals surface area contributed by atoms with Crippen LogP contribution < -0.4 is 0 Å². The van der Waals surface area contributed by atoms with E-state index in [1.165, 1.54) is 0 Å². The normalized spacial score (nSPS) is 24.9. The topological polar surface area (TPSA) is 59.4 Å². The van der Waals surface area contributed by atoms with Crippen molar-refractivity contribution in [1.29, 1.82) is 0 Å². The van der Waals surface area contributed by atoms with Gasteiger partial charge < -0.3 is 9.84 Å². The molecule has 5 heteroatoms. The minimum Gasteiger partial charge on any atom is -0.477 e. The number of carboxylic acids is 1. The quantitative estimate of drug-likeness (QED) is 0.840. The Morgan fingerprint density at radius 1 is 1.73 bits per heavy atom. The Labute approximate surface area is 92.1 Å². The molecule has 0 fully saturated rings. The second-order valence-electron chi connectivity index (χ2n) is 4.01. The van der Waals surface area contributed by atoms with Crippen molar-refractivity contribution >= 4 is 17.5 Å². The highest BCUT2D eigenvalue weighted by Crippen LogP contribution is 2.33. The zero-order valence-corrected chi connectivity index (χ0v) is 9.56. The van der Waals surface area contributed by atoms with Crippen LogP contribution in [0.3, 0.4) is 0 Å². The molecule has 0 spiro atoms. The Morgan fingerprint density at radius 2 is 2.47 bits per heavy atom. The summed E-state index contributed by atoms with van der Waals surface area (Å²) in [4.78, 5) is 11.3. The van der Waals surface area contributed by atoms with Gasteiger partial charge in [-0.2, -0.15) is 4.37 Å². The first kappa shape index (κ1) is 10.6. The summed E-state index contributed by atoms with van der Waals surface area (Å²) in [5, 5.41) is 9.00. The Morgan fingerprint density at radius 3 is 3.07 bits per heavy atom. The highest BCUT2D eigenvalue weighted by atomic mass is 32.1. The van der Waals surface area contributed by atoms with E-state index in [1.807, 2.05) is 13.8 Å². The van der Waals surface area contributed by atoms with Crippen LogP contribution >= 0.6 is 11.5 Å². The summed E-state index contributed by atoms with van der Waals surface area (Å²) >= 11 is 1.06. The summed E-state index contributed by atoms with van der Waals surface area (Å²) in [6.07, 6.45) is 1.53. The second-order valence-corrected chi connectivity index (χ2v) is 4.78. The number of fused-ring (bicyclic) bond motifs is 1. The van der Waals surface area contributed by atoms with Gasteiger partial charge in [-0.05, 0) is 24.9 Å². The Bertz CT molecular complexity index is 401. The Kier molecular flexibility index (Phi) is 2.52. The van der Waals surface area contributed by atoms with Crippen LogP contribution in [0.25, 0.3) is 0 Å². The molecular weight excluding hydrogens is 214 g/mol. The lowest BCUT2D eigenvalue weighted by molar-refractivity contribution is -0.0576. The summed E-state index contributed by atoms with van der Waals surface area (Å²) in [5.74, 6) is -0.880. The van der Waals surface area contributed by atoms with E-state index in [9.17, 15) is 4.79 Å². The first-order valence-electron chi connectivity index (χ1n) is 4.90. The number of aromatic carboxylic acids is 1. The monoisotopic (exact) mass is 227 g/mol. The maximum absolute atomic E-state index is 11.0. The first-order chi connectivity index (χ1) is 7.06. The molecular formula is C10H13NO3S. The molecule has 0 saturated heterocycles. The van der Waals surface area contributed by atoms with Gasteiger partial charge in [0.05, 0.1) is 17.9 Å². The smallest absolute Gasteiger partial charge is 0.347 e. The van der Waals surface area contributed by atoms with Crippen LogP contribution in [-0.4, -0.2) is 21.1 Å². The SMILES string of the molecule is CCC1(C)Cc2c(nsc2C(=O)O)CO1. The zero-order chi connectivity index (χ0) is 11.1.